The van der Waals surface area contributed by atoms with Crippen LogP contribution >= 0.6 is 0 Å². The van der Waals surface area contributed by atoms with Gasteiger partial charge in [0.15, 0.2) is 0 Å². The van der Waals surface area contributed by atoms with Crippen molar-refractivity contribution < 1.29 is 9.90 Å². The van der Waals surface area contributed by atoms with Crippen molar-refractivity contribution in [2.24, 2.45) is 7.05 Å². The lowest BCUT2D eigenvalue weighted by Gasteiger charge is -2.17. The van der Waals surface area contributed by atoms with Gasteiger partial charge in [0, 0.05) is 14.1 Å². The fourth-order valence-electron chi connectivity index (χ4n) is 2.65. The van der Waals surface area contributed by atoms with Crippen LogP contribution in [-0.2, 0) is 13.6 Å². The quantitative estimate of drug-likeness (QED) is 0.809. The summed E-state index contributed by atoms with van der Waals surface area (Å²) in [6.07, 6.45) is 0. The number of hydrogen-bond acceptors (Lipinski definition) is 3. The number of benzene rings is 2. The average Bonchev–Trinajstić information content (AvgIpc) is 2.83. The summed E-state index contributed by atoms with van der Waals surface area (Å²) < 4.78 is 1.98. The third-order valence-electron chi connectivity index (χ3n) is 3.99. The van der Waals surface area contributed by atoms with Crippen molar-refractivity contribution in [3.05, 3.63) is 59.4 Å². The van der Waals surface area contributed by atoms with E-state index in [2.05, 4.69) is 4.98 Å². The number of amides is 1. The number of phenols is 1. The summed E-state index contributed by atoms with van der Waals surface area (Å²) in [7, 11) is 3.65. The number of fused-ring (bicyclic) bond motifs is 1. The molecule has 3 aromatic rings. The van der Waals surface area contributed by atoms with Crippen LogP contribution in [0.15, 0.2) is 42.5 Å². The van der Waals surface area contributed by atoms with Gasteiger partial charge in [-0.25, -0.2) is 4.98 Å². The van der Waals surface area contributed by atoms with Gasteiger partial charge in [0.25, 0.3) is 5.91 Å². The molecule has 5 nitrogen and oxygen atoms in total. The summed E-state index contributed by atoms with van der Waals surface area (Å²) in [4.78, 5) is 18.7. The number of carbonyl (C=O) groups excluding carboxylic acids is 1. The molecule has 0 spiro atoms. The number of aromatic hydroxyl groups is 1. The molecule has 1 N–H and O–H groups in total. The maximum atomic E-state index is 12.5. The highest BCUT2D eigenvalue weighted by atomic mass is 16.3. The summed E-state index contributed by atoms with van der Waals surface area (Å²) in [6.45, 7) is 2.24. The second kappa shape index (κ2) is 5.76. The number of imidazole rings is 1. The number of aromatic nitrogens is 2. The fourth-order valence-corrected chi connectivity index (χ4v) is 2.65. The van der Waals surface area contributed by atoms with Crippen LogP contribution < -0.4 is 0 Å². The molecule has 0 bridgehead atoms. The Bertz CT molecular complexity index is 883. The molecule has 0 fully saturated rings. The highest BCUT2D eigenvalue weighted by molar-refractivity contribution is 5.96. The van der Waals surface area contributed by atoms with Crippen molar-refractivity contribution in [1.82, 2.24) is 14.5 Å². The van der Waals surface area contributed by atoms with E-state index in [1.54, 1.807) is 24.1 Å². The second-order valence-electron chi connectivity index (χ2n) is 5.76. The van der Waals surface area contributed by atoms with Gasteiger partial charge in [-0.3, -0.25) is 4.79 Å². The highest BCUT2D eigenvalue weighted by Crippen LogP contribution is 2.21. The summed E-state index contributed by atoms with van der Waals surface area (Å²) in [6, 6.07) is 12.9. The molecule has 3 rings (SSSR count). The molecule has 2 aromatic carbocycles. The monoisotopic (exact) mass is 309 g/mol. The van der Waals surface area contributed by atoms with E-state index in [4.69, 9.17) is 0 Å². The number of rotatable bonds is 3. The van der Waals surface area contributed by atoms with Gasteiger partial charge in [-0.1, -0.05) is 18.2 Å². The Kier molecular flexibility index (Phi) is 3.78. The molecule has 1 amide bonds. The molecule has 23 heavy (non-hydrogen) atoms. The van der Waals surface area contributed by atoms with E-state index in [1.807, 2.05) is 48.9 Å². The van der Waals surface area contributed by atoms with Gasteiger partial charge in [0.1, 0.15) is 11.6 Å². The molecule has 0 aliphatic heterocycles. The van der Waals surface area contributed by atoms with Crippen molar-refractivity contribution in [1.29, 1.82) is 0 Å². The standard InChI is InChI=1S/C18H19N3O2/c1-12-8-9-13(16(22)10-12)18(23)20(2)11-17-19-14-6-4-5-7-15(14)21(17)3/h4-10,22H,11H2,1-3H3. The zero-order valence-electron chi connectivity index (χ0n) is 13.4. The van der Waals surface area contributed by atoms with Gasteiger partial charge < -0.3 is 14.6 Å². The van der Waals surface area contributed by atoms with Gasteiger partial charge in [0.05, 0.1) is 23.1 Å². The number of hydrogen-bond donors (Lipinski definition) is 1. The summed E-state index contributed by atoms with van der Waals surface area (Å²) in [5, 5.41) is 9.98. The van der Waals surface area contributed by atoms with Crippen molar-refractivity contribution in [2.45, 2.75) is 13.5 Å². The van der Waals surface area contributed by atoms with E-state index in [1.165, 1.54) is 0 Å². The second-order valence-corrected chi connectivity index (χ2v) is 5.76. The molecule has 0 saturated carbocycles. The molecular formula is C18H19N3O2. The largest absolute Gasteiger partial charge is 0.507 e. The van der Waals surface area contributed by atoms with E-state index in [-0.39, 0.29) is 11.7 Å². The summed E-state index contributed by atoms with van der Waals surface area (Å²) in [5.74, 6) is 0.579. The predicted molar refractivity (Wildman–Crippen MR) is 89.4 cm³/mol. The zero-order chi connectivity index (χ0) is 16.6. The van der Waals surface area contributed by atoms with Gasteiger partial charge in [-0.2, -0.15) is 0 Å². The maximum absolute atomic E-state index is 12.5. The molecule has 0 atom stereocenters. The van der Waals surface area contributed by atoms with Crippen LogP contribution in [0.4, 0.5) is 0 Å². The third-order valence-corrected chi connectivity index (χ3v) is 3.99. The van der Waals surface area contributed by atoms with Gasteiger partial charge in [0.2, 0.25) is 0 Å². The van der Waals surface area contributed by atoms with Crippen molar-refractivity contribution >= 4 is 16.9 Å². The van der Waals surface area contributed by atoms with Crippen LogP contribution in [0.25, 0.3) is 11.0 Å². The maximum Gasteiger partial charge on any atom is 0.257 e. The summed E-state index contributed by atoms with van der Waals surface area (Å²) >= 11 is 0. The van der Waals surface area contributed by atoms with Crippen LogP contribution in [0.3, 0.4) is 0 Å². The lowest BCUT2D eigenvalue weighted by Crippen LogP contribution is -2.27. The van der Waals surface area contributed by atoms with E-state index in [9.17, 15) is 9.90 Å². The van der Waals surface area contributed by atoms with Crippen molar-refractivity contribution in [3.8, 4) is 5.75 Å². The third kappa shape index (κ3) is 2.77. The number of carbonyl (C=O) groups is 1. The van der Waals surface area contributed by atoms with E-state index in [0.717, 1.165) is 22.4 Å². The Balaban J connectivity index is 1.86. The van der Waals surface area contributed by atoms with Crippen LogP contribution in [0.2, 0.25) is 0 Å². The number of phenolic OH excluding ortho intramolecular Hbond substituents is 1. The number of aryl methyl sites for hydroxylation is 2. The summed E-state index contributed by atoms with van der Waals surface area (Å²) in [5.41, 5.74) is 3.15. The molecule has 0 aliphatic carbocycles. The van der Waals surface area contributed by atoms with Crippen molar-refractivity contribution in [2.75, 3.05) is 7.05 Å². The van der Waals surface area contributed by atoms with E-state index >= 15 is 0 Å². The molecule has 0 saturated heterocycles. The van der Waals surface area contributed by atoms with E-state index in [0.29, 0.717) is 12.1 Å². The molecule has 118 valence electrons. The predicted octanol–water partition coefficient (Wildman–Crippen LogP) is 2.86. The lowest BCUT2D eigenvalue weighted by atomic mass is 10.1. The van der Waals surface area contributed by atoms with Crippen LogP contribution in [0.1, 0.15) is 21.7 Å². The minimum Gasteiger partial charge on any atom is -0.507 e. The molecule has 0 unspecified atom stereocenters. The topological polar surface area (TPSA) is 58.4 Å². The average molecular weight is 309 g/mol. The van der Waals surface area contributed by atoms with Crippen LogP contribution in [0, 0.1) is 6.92 Å². The van der Waals surface area contributed by atoms with Crippen LogP contribution in [0.5, 0.6) is 5.75 Å². The molecule has 5 heteroatoms. The molecule has 1 heterocycles. The molecular weight excluding hydrogens is 290 g/mol. The first-order valence-electron chi connectivity index (χ1n) is 7.43. The zero-order valence-corrected chi connectivity index (χ0v) is 13.4. The van der Waals surface area contributed by atoms with Gasteiger partial charge in [-0.05, 0) is 36.8 Å². The minimum atomic E-state index is -0.227. The SMILES string of the molecule is Cc1ccc(C(=O)N(C)Cc2nc3ccccc3n2C)c(O)c1. The van der Waals surface area contributed by atoms with Crippen LogP contribution in [-0.4, -0.2) is 32.5 Å². The smallest absolute Gasteiger partial charge is 0.257 e. The lowest BCUT2D eigenvalue weighted by molar-refractivity contribution is 0.0777. The molecule has 0 aliphatic rings. The normalized spacial score (nSPS) is 10.9. The van der Waals surface area contributed by atoms with Gasteiger partial charge >= 0.3 is 0 Å². The molecule has 0 radical (unpaired) electrons. The Hall–Kier alpha value is -2.82. The Morgan fingerprint density at radius 3 is 2.70 bits per heavy atom. The molecule has 1 aromatic heterocycles. The van der Waals surface area contributed by atoms with Crippen molar-refractivity contribution in [3.63, 3.8) is 0 Å². The van der Waals surface area contributed by atoms with E-state index < -0.39 is 0 Å². The minimum absolute atomic E-state index is 0.00634. The first-order chi connectivity index (χ1) is 11.0. The number of para-hydroxylation sites is 2. The first kappa shape index (κ1) is 15.1. The Morgan fingerprint density at radius 2 is 2.00 bits per heavy atom. The number of nitrogens with zero attached hydrogens (tertiary/aromatic N) is 3. The Morgan fingerprint density at radius 1 is 1.26 bits per heavy atom. The Labute approximate surface area is 134 Å². The highest BCUT2D eigenvalue weighted by Gasteiger charge is 2.18. The first-order valence-corrected chi connectivity index (χ1v) is 7.43. The fraction of sp³-hybridized carbons (Fsp3) is 0.222. The van der Waals surface area contributed by atoms with Gasteiger partial charge in [-0.15, -0.1) is 0 Å².